The highest BCUT2D eigenvalue weighted by atomic mass is 15.3. The lowest BCUT2D eigenvalue weighted by Crippen LogP contribution is -2.45. The van der Waals surface area contributed by atoms with Crippen LogP contribution in [-0.4, -0.2) is 50.7 Å². The van der Waals surface area contributed by atoms with Crippen LogP contribution in [0.4, 0.5) is 0 Å². The van der Waals surface area contributed by atoms with Gasteiger partial charge in [-0.3, -0.25) is 19.5 Å². The van der Waals surface area contributed by atoms with Gasteiger partial charge in [-0.2, -0.15) is 5.10 Å². The molecule has 0 radical (unpaired) electrons. The predicted octanol–water partition coefficient (Wildman–Crippen LogP) is 1.62. The summed E-state index contributed by atoms with van der Waals surface area (Å²) < 4.78 is 2.09. The molecule has 21 heavy (non-hydrogen) atoms. The van der Waals surface area contributed by atoms with Gasteiger partial charge in [-0.25, -0.2) is 0 Å². The van der Waals surface area contributed by atoms with Gasteiger partial charge in [0.25, 0.3) is 0 Å². The SMILES string of the molecule is CCn1nccc1CN1CCN(Cc2ccncc2)CC1. The van der Waals surface area contributed by atoms with Crippen LogP contribution in [0.5, 0.6) is 0 Å². The van der Waals surface area contributed by atoms with Crippen molar-refractivity contribution in [3.63, 3.8) is 0 Å². The third-order valence-corrected chi connectivity index (χ3v) is 4.11. The van der Waals surface area contributed by atoms with E-state index in [0.717, 1.165) is 45.8 Å². The van der Waals surface area contributed by atoms with Gasteiger partial charge in [0.2, 0.25) is 0 Å². The lowest BCUT2D eigenvalue weighted by Gasteiger charge is -2.34. The lowest BCUT2D eigenvalue weighted by atomic mass is 10.2. The largest absolute Gasteiger partial charge is 0.297 e. The molecular formula is C16H23N5. The van der Waals surface area contributed by atoms with Gasteiger partial charge >= 0.3 is 0 Å². The maximum Gasteiger partial charge on any atom is 0.0524 e. The van der Waals surface area contributed by atoms with Gasteiger partial charge in [-0.1, -0.05) is 0 Å². The van der Waals surface area contributed by atoms with Crippen LogP contribution in [0.1, 0.15) is 18.2 Å². The highest BCUT2D eigenvalue weighted by Crippen LogP contribution is 2.11. The Morgan fingerprint density at radius 2 is 1.57 bits per heavy atom. The molecule has 0 unspecified atom stereocenters. The minimum Gasteiger partial charge on any atom is -0.297 e. The standard InChI is InChI=1S/C16H23N5/c1-2-21-16(5-8-18-21)14-20-11-9-19(10-12-20)13-15-3-6-17-7-4-15/h3-8H,2,9-14H2,1H3. The van der Waals surface area contributed by atoms with Crippen molar-refractivity contribution >= 4 is 0 Å². The number of aromatic nitrogens is 3. The van der Waals surface area contributed by atoms with E-state index in [1.165, 1.54) is 11.3 Å². The van der Waals surface area contributed by atoms with E-state index in [-0.39, 0.29) is 0 Å². The molecule has 3 heterocycles. The fraction of sp³-hybridized carbons (Fsp3) is 0.500. The monoisotopic (exact) mass is 285 g/mol. The second kappa shape index (κ2) is 6.83. The molecular weight excluding hydrogens is 262 g/mol. The van der Waals surface area contributed by atoms with E-state index in [4.69, 9.17) is 0 Å². The van der Waals surface area contributed by atoms with Gasteiger partial charge in [0.15, 0.2) is 0 Å². The van der Waals surface area contributed by atoms with Crippen LogP contribution in [0.3, 0.4) is 0 Å². The zero-order valence-electron chi connectivity index (χ0n) is 12.6. The summed E-state index contributed by atoms with van der Waals surface area (Å²) in [6, 6.07) is 6.34. The Bertz CT molecular complexity index is 543. The van der Waals surface area contributed by atoms with Crippen LogP contribution in [0, 0.1) is 0 Å². The first-order valence-electron chi connectivity index (χ1n) is 7.69. The molecule has 1 fully saturated rings. The summed E-state index contributed by atoms with van der Waals surface area (Å²) >= 11 is 0. The quantitative estimate of drug-likeness (QED) is 0.836. The van der Waals surface area contributed by atoms with Gasteiger partial charge in [0.1, 0.15) is 0 Å². The summed E-state index contributed by atoms with van der Waals surface area (Å²) in [5.74, 6) is 0. The topological polar surface area (TPSA) is 37.2 Å². The summed E-state index contributed by atoms with van der Waals surface area (Å²) in [4.78, 5) is 9.11. The van der Waals surface area contributed by atoms with Gasteiger partial charge in [0.05, 0.1) is 5.69 Å². The predicted molar refractivity (Wildman–Crippen MR) is 82.7 cm³/mol. The van der Waals surface area contributed by atoms with Gasteiger partial charge < -0.3 is 0 Å². The summed E-state index contributed by atoms with van der Waals surface area (Å²) in [7, 11) is 0. The molecule has 2 aromatic heterocycles. The molecule has 5 heteroatoms. The van der Waals surface area contributed by atoms with Crippen molar-refractivity contribution in [3.8, 4) is 0 Å². The number of aryl methyl sites for hydroxylation is 1. The minimum atomic E-state index is 0.949. The molecule has 0 saturated carbocycles. The fourth-order valence-electron chi connectivity index (χ4n) is 2.86. The highest BCUT2D eigenvalue weighted by Gasteiger charge is 2.18. The molecule has 0 aromatic carbocycles. The smallest absolute Gasteiger partial charge is 0.0524 e. The summed E-state index contributed by atoms with van der Waals surface area (Å²) in [6.07, 6.45) is 5.65. The van der Waals surface area contributed by atoms with Crippen molar-refractivity contribution in [2.75, 3.05) is 26.2 Å². The van der Waals surface area contributed by atoms with Crippen LogP contribution in [0.2, 0.25) is 0 Å². The summed E-state index contributed by atoms with van der Waals surface area (Å²) in [5, 5.41) is 4.34. The Morgan fingerprint density at radius 1 is 0.905 bits per heavy atom. The normalized spacial score (nSPS) is 17.2. The van der Waals surface area contributed by atoms with E-state index in [9.17, 15) is 0 Å². The lowest BCUT2D eigenvalue weighted by molar-refractivity contribution is 0.119. The van der Waals surface area contributed by atoms with E-state index < -0.39 is 0 Å². The maximum absolute atomic E-state index is 4.34. The van der Waals surface area contributed by atoms with E-state index in [1.807, 2.05) is 18.6 Å². The number of nitrogens with zero attached hydrogens (tertiary/aromatic N) is 5. The molecule has 0 spiro atoms. The minimum absolute atomic E-state index is 0.949. The van der Waals surface area contributed by atoms with Crippen LogP contribution in [0.15, 0.2) is 36.8 Å². The number of piperazine rings is 1. The molecule has 0 aliphatic carbocycles. The first kappa shape index (κ1) is 14.2. The van der Waals surface area contributed by atoms with Crippen LogP contribution >= 0.6 is 0 Å². The first-order valence-corrected chi connectivity index (χ1v) is 7.69. The number of hydrogen-bond donors (Lipinski definition) is 0. The number of rotatable bonds is 5. The average molecular weight is 285 g/mol. The summed E-state index contributed by atoms with van der Waals surface area (Å²) in [6.45, 7) is 9.64. The zero-order chi connectivity index (χ0) is 14.5. The molecule has 1 aliphatic heterocycles. The molecule has 112 valence electrons. The van der Waals surface area contributed by atoms with Crippen LogP contribution in [-0.2, 0) is 19.6 Å². The molecule has 5 nitrogen and oxygen atoms in total. The first-order chi connectivity index (χ1) is 10.3. The highest BCUT2D eigenvalue weighted by molar-refractivity contribution is 5.09. The van der Waals surface area contributed by atoms with Gasteiger partial charge in [0, 0.05) is 64.4 Å². The van der Waals surface area contributed by atoms with E-state index in [2.05, 4.69) is 49.7 Å². The molecule has 0 atom stereocenters. The van der Waals surface area contributed by atoms with E-state index in [0.29, 0.717) is 0 Å². The summed E-state index contributed by atoms with van der Waals surface area (Å²) in [5.41, 5.74) is 2.67. The second-order valence-corrected chi connectivity index (χ2v) is 5.55. The van der Waals surface area contributed by atoms with Crippen molar-refractivity contribution < 1.29 is 0 Å². The third kappa shape index (κ3) is 3.68. The Hall–Kier alpha value is -1.72. The van der Waals surface area contributed by atoms with Crippen molar-refractivity contribution in [1.82, 2.24) is 24.6 Å². The molecule has 1 aliphatic rings. The maximum atomic E-state index is 4.34. The Morgan fingerprint density at radius 3 is 2.24 bits per heavy atom. The molecule has 2 aromatic rings. The molecule has 0 bridgehead atoms. The number of pyridine rings is 1. The molecule has 3 rings (SSSR count). The fourth-order valence-corrected chi connectivity index (χ4v) is 2.86. The van der Waals surface area contributed by atoms with E-state index in [1.54, 1.807) is 0 Å². The van der Waals surface area contributed by atoms with Gasteiger partial charge in [-0.05, 0) is 30.7 Å². The Kier molecular flexibility index (Phi) is 4.62. The number of hydrogen-bond acceptors (Lipinski definition) is 4. The Balaban J connectivity index is 1.49. The van der Waals surface area contributed by atoms with Crippen molar-refractivity contribution in [2.45, 2.75) is 26.6 Å². The van der Waals surface area contributed by atoms with Gasteiger partial charge in [-0.15, -0.1) is 0 Å². The zero-order valence-corrected chi connectivity index (χ0v) is 12.6. The van der Waals surface area contributed by atoms with E-state index >= 15 is 0 Å². The van der Waals surface area contributed by atoms with Crippen molar-refractivity contribution in [2.24, 2.45) is 0 Å². The van der Waals surface area contributed by atoms with Crippen molar-refractivity contribution in [3.05, 3.63) is 48.0 Å². The van der Waals surface area contributed by atoms with Crippen molar-refractivity contribution in [1.29, 1.82) is 0 Å². The molecule has 0 N–H and O–H groups in total. The van der Waals surface area contributed by atoms with Crippen LogP contribution < -0.4 is 0 Å². The second-order valence-electron chi connectivity index (χ2n) is 5.55. The molecule has 0 amide bonds. The Labute approximate surface area is 126 Å². The third-order valence-electron chi connectivity index (χ3n) is 4.11. The molecule has 1 saturated heterocycles. The van der Waals surface area contributed by atoms with Crippen LogP contribution in [0.25, 0.3) is 0 Å². The average Bonchev–Trinajstić information content (AvgIpc) is 2.97.